The van der Waals surface area contributed by atoms with E-state index in [1.165, 1.54) is 6.07 Å². The van der Waals surface area contributed by atoms with Crippen LogP contribution in [-0.4, -0.2) is 28.9 Å². The molecule has 0 aliphatic rings. The van der Waals surface area contributed by atoms with Gasteiger partial charge >= 0.3 is 5.97 Å². The van der Waals surface area contributed by atoms with Gasteiger partial charge in [-0.25, -0.2) is 4.79 Å². The van der Waals surface area contributed by atoms with Gasteiger partial charge < -0.3 is 26.4 Å². The molecule has 0 bridgehead atoms. The molecular weight excluding hydrogens is 236 g/mol. The van der Waals surface area contributed by atoms with Crippen molar-refractivity contribution in [2.75, 3.05) is 18.1 Å². The molecule has 6 nitrogen and oxygen atoms in total. The van der Waals surface area contributed by atoms with E-state index in [1.54, 1.807) is 19.9 Å². The number of nitrogens with two attached hydrogens (primary N) is 2. The van der Waals surface area contributed by atoms with Gasteiger partial charge in [-0.1, -0.05) is 6.07 Å². The van der Waals surface area contributed by atoms with Crippen LogP contribution in [0, 0.1) is 6.92 Å². The van der Waals surface area contributed by atoms with Crippen LogP contribution in [0.25, 0.3) is 0 Å². The summed E-state index contributed by atoms with van der Waals surface area (Å²) >= 11 is 0. The largest absolute Gasteiger partial charge is 0.464 e. The molecule has 0 amide bonds. The Kier molecular flexibility index (Phi) is 4.52. The smallest absolute Gasteiger partial charge is 0.338 e. The fraction of sp³-hybridized carbons (Fsp3) is 0.417. The first-order valence-corrected chi connectivity index (χ1v) is 5.56. The quantitative estimate of drug-likeness (QED) is 0.447. The molecule has 0 heterocycles. The molecule has 1 aromatic rings. The Bertz CT molecular complexity index is 425. The predicted molar refractivity (Wildman–Crippen MR) is 67.6 cm³/mol. The zero-order chi connectivity index (χ0) is 13.9. The molecule has 1 aromatic carbocycles. The van der Waals surface area contributed by atoms with Gasteiger partial charge in [0, 0.05) is 0 Å². The molecular formula is C12H18N2O4. The number of carbonyl (C=O) groups excluding carboxylic acids is 1. The third kappa shape index (κ3) is 2.91. The van der Waals surface area contributed by atoms with E-state index in [1.807, 2.05) is 0 Å². The van der Waals surface area contributed by atoms with Gasteiger partial charge in [0.05, 0.1) is 18.0 Å². The molecule has 18 heavy (non-hydrogen) atoms. The van der Waals surface area contributed by atoms with Crippen LogP contribution in [0.3, 0.4) is 0 Å². The lowest BCUT2D eigenvalue weighted by Crippen LogP contribution is -2.30. The van der Waals surface area contributed by atoms with E-state index in [0.29, 0.717) is 22.5 Å². The van der Waals surface area contributed by atoms with Gasteiger partial charge in [-0.3, -0.25) is 0 Å². The number of anilines is 2. The Morgan fingerprint density at radius 2 is 2.00 bits per heavy atom. The molecule has 2 unspecified atom stereocenters. The number of rotatable bonds is 4. The maximum absolute atomic E-state index is 11.3. The number of ether oxygens (including phenoxy) is 1. The van der Waals surface area contributed by atoms with Crippen molar-refractivity contribution in [2.24, 2.45) is 0 Å². The summed E-state index contributed by atoms with van der Waals surface area (Å²) in [5, 5.41) is 19.5. The maximum atomic E-state index is 11.3. The van der Waals surface area contributed by atoms with Crippen molar-refractivity contribution >= 4 is 17.3 Å². The molecule has 0 radical (unpaired) electrons. The Balaban J connectivity index is 2.97. The number of aryl methyl sites for hydroxylation is 1. The molecule has 0 aliphatic heterocycles. The number of esters is 1. The van der Waals surface area contributed by atoms with Crippen LogP contribution in [0.1, 0.15) is 24.2 Å². The summed E-state index contributed by atoms with van der Waals surface area (Å²) in [7, 11) is 0. The summed E-state index contributed by atoms with van der Waals surface area (Å²) in [4.78, 5) is 11.3. The van der Waals surface area contributed by atoms with E-state index in [9.17, 15) is 15.0 Å². The first-order valence-electron chi connectivity index (χ1n) is 5.56. The summed E-state index contributed by atoms with van der Waals surface area (Å²) in [5.74, 6) is -0.877. The van der Waals surface area contributed by atoms with Gasteiger partial charge in [0.25, 0.3) is 0 Å². The summed E-state index contributed by atoms with van der Waals surface area (Å²) in [6.45, 7) is 3.46. The van der Waals surface area contributed by atoms with Crippen molar-refractivity contribution in [3.63, 3.8) is 0 Å². The third-order valence-corrected chi connectivity index (χ3v) is 2.61. The van der Waals surface area contributed by atoms with Gasteiger partial charge in [-0.2, -0.15) is 0 Å². The van der Waals surface area contributed by atoms with Gasteiger partial charge in [-0.05, 0) is 31.0 Å². The van der Waals surface area contributed by atoms with Crippen molar-refractivity contribution < 1.29 is 19.7 Å². The molecule has 6 N–H and O–H groups in total. The number of benzene rings is 1. The minimum Gasteiger partial charge on any atom is -0.464 e. The number of nitrogen functional groups attached to an aromatic ring is 2. The van der Waals surface area contributed by atoms with Gasteiger partial charge in [0.15, 0.2) is 6.10 Å². The van der Waals surface area contributed by atoms with Crippen LogP contribution in [0.5, 0.6) is 0 Å². The molecule has 6 heteroatoms. The molecule has 0 aliphatic carbocycles. The lowest BCUT2D eigenvalue weighted by molar-refractivity contribution is -0.159. The van der Waals surface area contributed by atoms with E-state index < -0.39 is 18.2 Å². The highest BCUT2D eigenvalue weighted by atomic mass is 16.5. The zero-order valence-electron chi connectivity index (χ0n) is 10.4. The predicted octanol–water partition coefficient (Wildman–Crippen LogP) is 0.117. The molecule has 1 rings (SSSR count). The van der Waals surface area contributed by atoms with Crippen LogP contribution in [0.15, 0.2) is 12.1 Å². The highest BCUT2D eigenvalue weighted by Gasteiger charge is 2.27. The SMILES string of the molecule is CCOC(=O)C(O)C(O)c1cc(C)c(N)c(N)c1. The number of aliphatic hydroxyl groups excluding tert-OH is 2. The van der Waals surface area contributed by atoms with Crippen LogP contribution in [0.4, 0.5) is 11.4 Å². The Morgan fingerprint density at radius 3 is 2.50 bits per heavy atom. The van der Waals surface area contributed by atoms with Crippen molar-refractivity contribution in [3.05, 3.63) is 23.3 Å². The molecule has 100 valence electrons. The molecule has 2 atom stereocenters. The summed E-state index contributed by atoms with van der Waals surface area (Å²) in [5.41, 5.74) is 13.0. The summed E-state index contributed by atoms with van der Waals surface area (Å²) in [6.07, 6.45) is -3.04. The number of hydrogen-bond donors (Lipinski definition) is 4. The van der Waals surface area contributed by atoms with Crippen LogP contribution >= 0.6 is 0 Å². The van der Waals surface area contributed by atoms with Crippen molar-refractivity contribution in [1.82, 2.24) is 0 Å². The first kappa shape index (κ1) is 14.3. The summed E-state index contributed by atoms with van der Waals surface area (Å²) in [6, 6.07) is 2.99. The summed E-state index contributed by atoms with van der Waals surface area (Å²) < 4.78 is 4.63. The average Bonchev–Trinajstić information content (AvgIpc) is 2.33. The van der Waals surface area contributed by atoms with Gasteiger partial charge in [-0.15, -0.1) is 0 Å². The standard InChI is InChI=1S/C12H18N2O4/c1-3-18-12(17)11(16)10(15)7-4-6(2)9(14)8(13)5-7/h4-5,10-11,15-16H,3,13-14H2,1-2H3. The third-order valence-electron chi connectivity index (χ3n) is 2.61. The fourth-order valence-corrected chi connectivity index (χ4v) is 1.56. The topological polar surface area (TPSA) is 119 Å². The minimum absolute atomic E-state index is 0.130. The van der Waals surface area contributed by atoms with E-state index in [2.05, 4.69) is 4.74 Å². The van der Waals surface area contributed by atoms with Crippen molar-refractivity contribution in [1.29, 1.82) is 0 Å². The minimum atomic E-state index is -1.65. The number of hydrogen-bond acceptors (Lipinski definition) is 6. The first-order chi connectivity index (χ1) is 8.38. The normalized spacial score (nSPS) is 14.0. The van der Waals surface area contributed by atoms with E-state index in [-0.39, 0.29) is 6.61 Å². The lowest BCUT2D eigenvalue weighted by Gasteiger charge is -2.18. The Labute approximate surface area is 105 Å². The second-order valence-electron chi connectivity index (χ2n) is 3.98. The van der Waals surface area contributed by atoms with Gasteiger partial charge in [0.1, 0.15) is 6.10 Å². The highest BCUT2D eigenvalue weighted by molar-refractivity contribution is 5.76. The van der Waals surface area contributed by atoms with E-state index in [0.717, 1.165) is 0 Å². The maximum Gasteiger partial charge on any atom is 0.338 e. The molecule has 0 fully saturated rings. The van der Waals surface area contributed by atoms with Crippen LogP contribution in [-0.2, 0) is 9.53 Å². The lowest BCUT2D eigenvalue weighted by atomic mass is 10.00. The van der Waals surface area contributed by atoms with E-state index in [4.69, 9.17) is 11.5 Å². The van der Waals surface area contributed by atoms with Gasteiger partial charge in [0.2, 0.25) is 0 Å². The Hall–Kier alpha value is -1.79. The van der Waals surface area contributed by atoms with Crippen LogP contribution < -0.4 is 11.5 Å². The zero-order valence-corrected chi connectivity index (χ0v) is 10.4. The molecule has 0 saturated carbocycles. The fourth-order valence-electron chi connectivity index (χ4n) is 1.56. The molecule has 0 spiro atoms. The van der Waals surface area contributed by atoms with Crippen molar-refractivity contribution in [2.45, 2.75) is 26.1 Å². The monoisotopic (exact) mass is 254 g/mol. The van der Waals surface area contributed by atoms with Crippen LogP contribution in [0.2, 0.25) is 0 Å². The molecule has 0 aromatic heterocycles. The second-order valence-corrected chi connectivity index (χ2v) is 3.98. The van der Waals surface area contributed by atoms with Crippen molar-refractivity contribution in [3.8, 4) is 0 Å². The number of aliphatic hydroxyl groups is 2. The molecule has 0 saturated heterocycles. The Morgan fingerprint density at radius 1 is 1.39 bits per heavy atom. The second kappa shape index (κ2) is 5.70. The average molecular weight is 254 g/mol. The van der Waals surface area contributed by atoms with E-state index >= 15 is 0 Å². The highest BCUT2D eigenvalue weighted by Crippen LogP contribution is 2.27. The number of carbonyl (C=O) groups is 1.